The summed E-state index contributed by atoms with van der Waals surface area (Å²) in [6.07, 6.45) is -4.84. The first kappa shape index (κ1) is 19.4. The van der Waals surface area contributed by atoms with E-state index in [1.807, 2.05) is 11.9 Å². The van der Waals surface area contributed by atoms with Gasteiger partial charge in [0.05, 0.1) is 11.1 Å². The Morgan fingerprint density at radius 3 is 2.48 bits per heavy atom. The van der Waals surface area contributed by atoms with Crippen molar-refractivity contribution in [3.63, 3.8) is 0 Å². The van der Waals surface area contributed by atoms with Gasteiger partial charge in [0.2, 0.25) is 11.9 Å². The summed E-state index contributed by atoms with van der Waals surface area (Å²) in [6.45, 7) is 2.86. The van der Waals surface area contributed by atoms with E-state index in [9.17, 15) is 22.8 Å². The van der Waals surface area contributed by atoms with Crippen LogP contribution in [0.2, 0.25) is 0 Å². The molecule has 29 heavy (non-hydrogen) atoms. The third-order valence-corrected chi connectivity index (χ3v) is 5.38. The molecular formula is C19H20F3N5O2. The molecule has 4 rings (SSSR count). The SMILES string of the molecule is CN1CCN(c2nc3c(c(=O)[nH]2)[C@@H](c2ccccc2C(F)(F)F)CC(=O)N3)CC1. The lowest BCUT2D eigenvalue weighted by molar-refractivity contribution is -0.138. The minimum atomic E-state index is -4.59. The van der Waals surface area contributed by atoms with Crippen molar-refractivity contribution < 1.29 is 18.0 Å². The number of carbonyl (C=O) groups is 1. The Kier molecular flexibility index (Phi) is 4.81. The van der Waals surface area contributed by atoms with E-state index in [2.05, 4.69) is 20.2 Å². The number of halogens is 3. The smallest absolute Gasteiger partial charge is 0.340 e. The zero-order valence-electron chi connectivity index (χ0n) is 15.7. The number of likely N-dealkylation sites (N-methyl/N-ethyl adjacent to an activating group) is 1. The van der Waals surface area contributed by atoms with Gasteiger partial charge in [-0.3, -0.25) is 14.6 Å². The van der Waals surface area contributed by atoms with Crippen molar-refractivity contribution in [3.05, 3.63) is 51.3 Å². The van der Waals surface area contributed by atoms with Gasteiger partial charge in [0.1, 0.15) is 5.82 Å². The number of aromatic amines is 1. The van der Waals surface area contributed by atoms with E-state index < -0.39 is 29.1 Å². The maximum absolute atomic E-state index is 13.5. The zero-order chi connectivity index (χ0) is 20.8. The predicted octanol–water partition coefficient (Wildman–Crippen LogP) is 2.01. The highest BCUT2D eigenvalue weighted by molar-refractivity contribution is 5.94. The number of fused-ring (bicyclic) bond motifs is 1. The van der Waals surface area contributed by atoms with Crippen LogP contribution in [0, 0.1) is 0 Å². The lowest BCUT2D eigenvalue weighted by atomic mass is 9.84. The minimum Gasteiger partial charge on any atom is -0.340 e. The van der Waals surface area contributed by atoms with Crippen LogP contribution in [0.3, 0.4) is 0 Å². The van der Waals surface area contributed by atoms with Crippen molar-refractivity contribution in [2.45, 2.75) is 18.5 Å². The summed E-state index contributed by atoms with van der Waals surface area (Å²) in [7, 11) is 1.99. The van der Waals surface area contributed by atoms with Gasteiger partial charge in [-0.2, -0.15) is 18.2 Å². The van der Waals surface area contributed by atoms with Crippen LogP contribution < -0.4 is 15.8 Å². The number of carbonyl (C=O) groups excluding carboxylic acids is 1. The van der Waals surface area contributed by atoms with Gasteiger partial charge in [-0.25, -0.2) is 0 Å². The molecule has 0 saturated carbocycles. The Morgan fingerprint density at radius 1 is 1.10 bits per heavy atom. The van der Waals surface area contributed by atoms with Crippen molar-refractivity contribution in [3.8, 4) is 0 Å². The average molecular weight is 407 g/mol. The normalized spacial score (nSPS) is 20.3. The van der Waals surface area contributed by atoms with Crippen LogP contribution in [0.25, 0.3) is 0 Å². The van der Waals surface area contributed by atoms with E-state index >= 15 is 0 Å². The Hall–Kier alpha value is -2.88. The third-order valence-electron chi connectivity index (χ3n) is 5.38. The second-order valence-electron chi connectivity index (χ2n) is 7.33. The maximum atomic E-state index is 13.5. The number of nitrogens with zero attached hydrogens (tertiary/aromatic N) is 3. The summed E-state index contributed by atoms with van der Waals surface area (Å²) in [6, 6.07) is 5.03. The molecule has 1 aromatic heterocycles. The molecule has 1 aromatic carbocycles. The molecule has 1 fully saturated rings. The van der Waals surface area contributed by atoms with E-state index in [1.165, 1.54) is 18.2 Å². The lowest BCUT2D eigenvalue weighted by Gasteiger charge is -2.33. The number of rotatable bonds is 2. The fourth-order valence-electron chi connectivity index (χ4n) is 3.85. The van der Waals surface area contributed by atoms with Gasteiger partial charge in [0.25, 0.3) is 5.56 Å². The number of nitrogens with one attached hydrogen (secondary N) is 2. The Bertz CT molecular complexity index is 996. The molecule has 3 heterocycles. The summed E-state index contributed by atoms with van der Waals surface area (Å²) < 4.78 is 40.5. The van der Waals surface area contributed by atoms with E-state index in [-0.39, 0.29) is 23.4 Å². The van der Waals surface area contributed by atoms with E-state index in [1.54, 1.807) is 0 Å². The maximum Gasteiger partial charge on any atom is 0.416 e. The lowest BCUT2D eigenvalue weighted by Crippen LogP contribution is -2.46. The number of piperazine rings is 1. The summed E-state index contributed by atoms with van der Waals surface area (Å²) in [5.41, 5.74) is -1.44. The van der Waals surface area contributed by atoms with Gasteiger partial charge >= 0.3 is 6.18 Å². The monoisotopic (exact) mass is 407 g/mol. The molecule has 10 heteroatoms. The number of anilines is 2. The molecule has 1 atom stereocenters. The molecule has 7 nitrogen and oxygen atoms in total. The van der Waals surface area contributed by atoms with Gasteiger partial charge in [-0.1, -0.05) is 18.2 Å². The van der Waals surface area contributed by atoms with Crippen molar-refractivity contribution in [1.29, 1.82) is 0 Å². The summed E-state index contributed by atoms with van der Waals surface area (Å²) in [5, 5.41) is 2.56. The van der Waals surface area contributed by atoms with Crippen LogP contribution in [-0.2, 0) is 11.0 Å². The van der Waals surface area contributed by atoms with Crippen LogP contribution in [0.4, 0.5) is 24.9 Å². The van der Waals surface area contributed by atoms with Crippen LogP contribution in [0.5, 0.6) is 0 Å². The molecule has 1 amide bonds. The summed E-state index contributed by atoms with van der Waals surface area (Å²) in [4.78, 5) is 36.2. The van der Waals surface area contributed by atoms with Gasteiger partial charge in [0, 0.05) is 38.5 Å². The largest absolute Gasteiger partial charge is 0.416 e. The first-order valence-electron chi connectivity index (χ1n) is 9.27. The molecule has 2 aromatic rings. The topological polar surface area (TPSA) is 81.3 Å². The van der Waals surface area contributed by atoms with Crippen LogP contribution in [0.1, 0.15) is 29.0 Å². The number of amides is 1. The van der Waals surface area contributed by atoms with Crippen LogP contribution >= 0.6 is 0 Å². The van der Waals surface area contributed by atoms with Crippen molar-refractivity contribution in [1.82, 2.24) is 14.9 Å². The Morgan fingerprint density at radius 2 is 1.79 bits per heavy atom. The number of benzene rings is 1. The average Bonchev–Trinajstić information content (AvgIpc) is 2.67. The third kappa shape index (κ3) is 3.71. The van der Waals surface area contributed by atoms with Crippen molar-refractivity contribution >= 4 is 17.7 Å². The molecular weight excluding hydrogens is 387 g/mol. The first-order chi connectivity index (χ1) is 13.7. The van der Waals surface area contributed by atoms with Gasteiger partial charge in [-0.15, -0.1) is 0 Å². The van der Waals surface area contributed by atoms with Gasteiger partial charge in [0.15, 0.2) is 0 Å². The highest BCUT2D eigenvalue weighted by Gasteiger charge is 2.39. The van der Waals surface area contributed by atoms with Crippen LogP contribution in [0.15, 0.2) is 29.1 Å². The Labute approximate surface area is 164 Å². The van der Waals surface area contributed by atoms with Crippen molar-refractivity contribution in [2.24, 2.45) is 0 Å². The van der Waals surface area contributed by atoms with Gasteiger partial charge in [-0.05, 0) is 18.7 Å². The summed E-state index contributed by atoms with van der Waals surface area (Å²) >= 11 is 0. The standard InChI is InChI=1S/C19H20F3N5O2/c1-26-6-8-27(9-7-26)18-24-16-15(17(29)25-18)12(10-14(28)23-16)11-4-2-3-5-13(11)19(20,21)22/h2-5,12H,6-10H2,1H3,(H2,23,24,25,28,29)/t12-/m1/s1. The zero-order valence-corrected chi connectivity index (χ0v) is 15.7. The van der Waals surface area contributed by atoms with Crippen LogP contribution in [-0.4, -0.2) is 54.0 Å². The van der Waals surface area contributed by atoms with Crippen molar-refractivity contribution in [2.75, 3.05) is 43.4 Å². The number of alkyl halides is 3. The number of hydrogen-bond acceptors (Lipinski definition) is 5. The fraction of sp³-hybridized carbons (Fsp3) is 0.421. The molecule has 154 valence electrons. The first-order valence-corrected chi connectivity index (χ1v) is 9.27. The molecule has 0 bridgehead atoms. The van der Waals surface area contributed by atoms with Gasteiger partial charge < -0.3 is 15.1 Å². The summed E-state index contributed by atoms with van der Waals surface area (Å²) in [5.74, 6) is -1.15. The second kappa shape index (κ2) is 7.18. The molecule has 0 radical (unpaired) electrons. The minimum absolute atomic E-state index is 0.0286. The molecule has 0 aliphatic carbocycles. The molecule has 0 unspecified atom stereocenters. The molecule has 2 aliphatic heterocycles. The number of H-pyrrole nitrogens is 1. The quantitative estimate of drug-likeness (QED) is 0.796. The second-order valence-corrected chi connectivity index (χ2v) is 7.33. The molecule has 0 spiro atoms. The fourth-order valence-corrected chi connectivity index (χ4v) is 3.85. The van der Waals surface area contributed by atoms with E-state index in [0.29, 0.717) is 19.0 Å². The van der Waals surface area contributed by atoms with E-state index in [0.717, 1.165) is 19.2 Å². The number of hydrogen-bond donors (Lipinski definition) is 2. The predicted molar refractivity (Wildman–Crippen MR) is 101 cm³/mol. The Balaban J connectivity index is 1.79. The molecule has 2 N–H and O–H groups in total. The molecule has 1 saturated heterocycles. The highest BCUT2D eigenvalue weighted by Crippen LogP contribution is 2.41. The van der Waals surface area contributed by atoms with E-state index in [4.69, 9.17) is 0 Å². The highest BCUT2D eigenvalue weighted by atomic mass is 19.4. The molecule has 2 aliphatic rings. The number of aromatic nitrogens is 2.